The van der Waals surface area contributed by atoms with Crippen LogP contribution in [0.2, 0.25) is 0 Å². The van der Waals surface area contributed by atoms with Gasteiger partial charge in [-0.2, -0.15) is 0 Å². The second-order valence-electron chi connectivity index (χ2n) is 4.09. The van der Waals surface area contributed by atoms with Crippen LogP contribution < -0.4 is 10.1 Å². The fraction of sp³-hybridized carbons (Fsp3) is 0.571. The zero-order valence-corrected chi connectivity index (χ0v) is 10.8. The van der Waals surface area contributed by atoms with Crippen molar-refractivity contribution in [2.45, 2.75) is 26.3 Å². The Balaban J connectivity index is 1.97. The maximum atomic E-state index is 5.53. The molecule has 0 saturated carbocycles. The third-order valence-corrected chi connectivity index (χ3v) is 2.35. The van der Waals surface area contributed by atoms with Crippen LogP contribution in [0, 0.1) is 0 Å². The van der Waals surface area contributed by atoms with Crippen LogP contribution in [0.15, 0.2) is 30.3 Å². The monoisotopic (exact) mass is 237 g/mol. The summed E-state index contributed by atoms with van der Waals surface area (Å²) in [6, 6.07) is 10.2. The van der Waals surface area contributed by atoms with E-state index in [0.29, 0.717) is 19.3 Å². The standard InChI is InChI=1S/C14H23NO2/c1-3-9-15-13(2)12-16-10-11-17-14-7-5-4-6-8-14/h4-8,13,15H,3,9-12H2,1-2H3. The minimum absolute atomic E-state index is 0.409. The van der Waals surface area contributed by atoms with Gasteiger partial charge >= 0.3 is 0 Å². The number of para-hydroxylation sites is 1. The Morgan fingerprint density at radius 3 is 2.65 bits per heavy atom. The Labute approximate surface area is 104 Å². The molecule has 1 N–H and O–H groups in total. The average Bonchev–Trinajstić information content (AvgIpc) is 2.37. The van der Waals surface area contributed by atoms with E-state index in [1.165, 1.54) is 0 Å². The number of rotatable bonds is 9. The molecule has 0 radical (unpaired) electrons. The fourth-order valence-electron chi connectivity index (χ4n) is 1.44. The second-order valence-corrected chi connectivity index (χ2v) is 4.09. The zero-order chi connectivity index (χ0) is 12.3. The molecule has 1 unspecified atom stereocenters. The molecule has 0 aliphatic heterocycles. The van der Waals surface area contributed by atoms with E-state index >= 15 is 0 Å². The van der Waals surface area contributed by atoms with E-state index in [4.69, 9.17) is 9.47 Å². The lowest BCUT2D eigenvalue weighted by molar-refractivity contribution is 0.0867. The number of hydrogen-bond donors (Lipinski definition) is 1. The van der Waals surface area contributed by atoms with Crippen molar-refractivity contribution in [1.82, 2.24) is 5.32 Å². The number of nitrogens with one attached hydrogen (secondary N) is 1. The molecule has 96 valence electrons. The van der Waals surface area contributed by atoms with Gasteiger partial charge in [0.2, 0.25) is 0 Å². The molecule has 0 heterocycles. The first-order chi connectivity index (χ1) is 8.33. The van der Waals surface area contributed by atoms with E-state index in [1.807, 2.05) is 30.3 Å². The summed E-state index contributed by atoms with van der Waals surface area (Å²) >= 11 is 0. The predicted molar refractivity (Wildman–Crippen MR) is 70.5 cm³/mol. The fourth-order valence-corrected chi connectivity index (χ4v) is 1.44. The summed E-state index contributed by atoms with van der Waals surface area (Å²) in [7, 11) is 0. The van der Waals surface area contributed by atoms with Crippen molar-refractivity contribution < 1.29 is 9.47 Å². The molecule has 1 aromatic carbocycles. The van der Waals surface area contributed by atoms with Gasteiger partial charge in [0, 0.05) is 6.04 Å². The summed E-state index contributed by atoms with van der Waals surface area (Å²) in [5, 5.41) is 3.38. The van der Waals surface area contributed by atoms with E-state index in [1.54, 1.807) is 0 Å². The van der Waals surface area contributed by atoms with Crippen LogP contribution in [0.3, 0.4) is 0 Å². The van der Waals surface area contributed by atoms with Crippen molar-refractivity contribution in [3.8, 4) is 5.75 Å². The topological polar surface area (TPSA) is 30.5 Å². The van der Waals surface area contributed by atoms with Gasteiger partial charge in [-0.15, -0.1) is 0 Å². The van der Waals surface area contributed by atoms with Crippen LogP contribution in [0.5, 0.6) is 5.75 Å². The molecule has 0 fully saturated rings. The molecule has 0 aromatic heterocycles. The first-order valence-electron chi connectivity index (χ1n) is 6.32. The summed E-state index contributed by atoms with van der Waals surface area (Å²) in [5.41, 5.74) is 0. The summed E-state index contributed by atoms with van der Waals surface area (Å²) in [6.45, 7) is 7.31. The van der Waals surface area contributed by atoms with Crippen molar-refractivity contribution in [1.29, 1.82) is 0 Å². The maximum Gasteiger partial charge on any atom is 0.119 e. The number of benzene rings is 1. The Morgan fingerprint density at radius 1 is 1.18 bits per heavy atom. The number of ether oxygens (including phenoxy) is 2. The predicted octanol–water partition coefficient (Wildman–Crippen LogP) is 2.47. The molecule has 0 bridgehead atoms. The highest BCUT2D eigenvalue weighted by Crippen LogP contribution is 2.07. The molecule has 1 atom stereocenters. The lowest BCUT2D eigenvalue weighted by atomic mass is 10.3. The molecule has 1 aromatic rings. The smallest absolute Gasteiger partial charge is 0.119 e. The van der Waals surface area contributed by atoms with Crippen LogP contribution in [0.25, 0.3) is 0 Å². The highest BCUT2D eigenvalue weighted by atomic mass is 16.5. The van der Waals surface area contributed by atoms with Crippen molar-refractivity contribution in [3.05, 3.63) is 30.3 Å². The van der Waals surface area contributed by atoms with Gasteiger partial charge in [-0.1, -0.05) is 25.1 Å². The van der Waals surface area contributed by atoms with Gasteiger partial charge in [-0.25, -0.2) is 0 Å². The first kappa shape index (κ1) is 14.0. The minimum atomic E-state index is 0.409. The minimum Gasteiger partial charge on any atom is -0.491 e. The summed E-state index contributed by atoms with van der Waals surface area (Å²) in [6.07, 6.45) is 1.15. The van der Waals surface area contributed by atoms with E-state index in [0.717, 1.165) is 25.3 Å². The molecule has 0 aliphatic carbocycles. The molecule has 1 rings (SSSR count). The Hall–Kier alpha value is -1.06. The molecule has 3 nitrogen and oxygen atoms in total. The lowest BCUT2D eigenvalue weighted by Crippen LogP contribution is -2.31. The Bertz CT molecular complexity index is 277. The van der Waals surface area contributed by atoms with Crippen molar-refractivity contribution in [2.24, 2.45) is 0 Å². The molecule has 0 aliphatic rings. The summed E-state index contributed by atoms with van der Waals surface area (Å²) in [5.74, 6) is 0.897. The van der Waals surface area contributed by atoms with Crippen molar-refractivity contribution in [3.63, 3.8) is 0 Å². The molecular formula is C14H23NO2. The van der Waals surface area contributed by atoms with Gasteiger partial charge in [0.15, 0.2) is 0 Å². The van der Waals surface area contributed by atoms with Crippen molar-refractivity contribution >= 4 is 0 Å². The largest absolute Gasteiger partial charge is 0.491 e. The van der Waals surface area contributed by atoms with Gasteiger partial charge in [0.25, 0.3) is 0 Å². The molecule has 3 heteroatoms. The average molecular weight is 237 g/mol. The third-order valence-electron chi connectivity index (χ3n) is 2.35. The quantitative estimate of drug-likeness (QED) is 0.669. The lowest BCUT2D eigenvalue weighted by Gasteiger charge is -2.13. The summed E-state index contributed by atoms with van der Waals surface area (Å²) in [4.78, 5) is 0. The molecule has 0 spiro atoms. The normalized spacial score (nSPS) is 12.4. The van der Waals surface area contributed by atoms with Gasteiger partial charge in [0.1, 0.15) is 12.4 Å². The van der Waals surface area contributed by atoms with Crippen LogP contribution in [-0.2, 0) is 4.74 Å². The third kappa shape index (κ3) is 6.97. The highest BCUT2D eigenvalue weighted by Gasteiger charge is 1.99. The molecule has 0 saturated heterocycles. The maximum absolute atomic E-state index is 5.53. The van der Waals surface area contributed by atoms with Crippen molar-refractivity contribution in [2.75, 3.05) is 26.4 Å². The van der Waals surface area contributed by atoms with E-state index in [-0.39, 0.29) is 0 Å². The van der Waals surface area contributed by atoms with E-state index in [9.17, 15) is 0 Å². The van der Waals surface area contributed by atoms with Crippen LogP contribution in [-0.4, -0.2) is 32.4 Å². The van der Waals surface area contributed by atoms with Gasteiger partial charge < -0.3 is 14.8 Å². The van der Waals surface area contributed by atoms with E-state index < -0.39 is 0 Å². The van der Waals surface area contributed by atoms with Gasteiger partial charge in [-0.05, 0) is 32.0 Å². The van der Waals surface area contributed by atoms with E-state index in [2.05, 4.69) is 19.2 Å². The Kier molecular flexibility index (Phi) is 7.43. The van der Waals surface area contributed by atoms with Crippen LogP contribution in [0.4, 0.5) is 0 Å². The van der Waals surface area contributed by atoms with Crippen LogP contribution >= 0.6 is 0 Å². The van der Waals surface area contributed by atoms with Crippen LogP contribution in [0.1, 0.15) is 20.3 Å². The second kappa shape index (κ2) is 9.02. The zero-order valence-electron chi connectivity index (χ0n) is 10.8. The highest BCUT2D eigenvalue weighted by molar-refractivity contribution is 5.20. The SMILES string of the molecule is CCCNC(C)COCCOc1ccccc1. The van der Waals surface area contributed by atoms with Gasteiger partial charge in [-0.3, -0.25) is 0 Å². The Morgan fingerprint density at radius 2 is 1.94 bits per heavy atom. The molecule has 0 amide bonds. The van der Waals surface area contributed by atoms with Gasteiger partial charge in [0.05, 0.1) is 13.2 Å². The number of hydrogen-bond acceptors (Lipinski definition) is 3. The first-order valence-corrected chi connectivity index (χ1v) is 6.32. The summed E-state index contributed by atoms with van der Waals surface area (Å²) < 4.78 is 11.1. The molecular weight excluding hydrogens is 214 g/mol. The molecule has 17 heavy (non-hydrogen) atoms.